The van der Waals surface area contributed by atoms with Crippen molar-refractivity contribution in [2.24, 2.45) is 5.92 Å². The Hall–Kier alpha value is -0.437. The molecule has 0 aromatic heterocycles. The van der Waals surface area contributed by atoms with E-state index in [-0.39, 0.29) is 57.3 Å². The summed E-state index contributed by atoms with van der Waals surface area (Å²) in [5, 5.41) is 2.65. The quantitative estimate of drug-likeness (QED) is 0.435. The number of ether oxygens (including phenoxy) is 1. The molecular formula is C26H35BrMgO2Si. The second-order valence-electron chi connectivity index (χ2n) is 9.12. The fourth-order valence-electron chi connectivity index (χ4n) is 4.82. The summed E-state index contributed by atoms with van der Waals surface area (Å²) in [4.78, 5) is 0. The topological polar surface area (TPSA) is 18.5 Å². The maximum absolute atomic E-state index is 7.33. The van der Waals surface area contributed by atoms with E-state index in [2.05, 4.69) is 93.6 Å². The Morgan fingerprint density at radius 1 is 0.903 bits per heavy atom. The molecule has 0 radical (unpaired) electrons. The molecule has 2 aromatic carbocycles. The Kier molecular flexibility index (Phi) is 11.7. The third-order valence-electron chi connectivity index (χ3n) is 6.22. The van der Waals surface area contributed by atoms with Gasteiger partial charge in [-0.05, 0) is 34.7 Å². The normalized spacial score (nSPS) is 21.9. The van der Waals surface area contributed by atoms with Gasteiger partial charge in [0.1, 0.15) is 0 Å². The van der Waals surface area contributed by atoms with E-state index in [0.29, 0.717) is 5.92 Å². The van der Waals surface area contributed by atoms with Crippen LogP contribution in [0.15, 0.2) is 66.7 Å². The van der Waals surface area contributed by atoms with E-state index in [1.165, 1.54) is 10.4 Å². The zero-order chi connectivity index (χ0) is 20.9. The van der Waals surface area contributed by atoms with Crippen molar-refractivity contribution < 1.29 is 26.1 Å². The van der Waals surface area contributed by atoms with Crippen LogP contribution in [0.25, 0.3) is 0 Å². The predicted molar refractivity (Wildman–Crippen MR) is 130 cm³/mol. The first kappa shape index (κ1) is 28.6. The van der Waals surface area contributed by atoms with E-state index in [0.717, 1.165) is 19.3 Å². The van der Waals surface area contributed by atoms with Crippen LogP contribution in [0.4, 0.5) is 0 Å². The summed E-state index contributed by atoms with van der Waals surface area (Å²) in [5.41, 5.74) is 0. The predicted octanol–water partition coefficient (Wildman–Crippen LogP) is 1.75. The third kappa shape index (κ3) is 6.33. The number of benzene rings is 2. The Labute approximate surface area is 216 Å². The molecule has 0 heterocycles. The Morgan fingerprint density at radius 3 is 1.84 bits per heavy atom. The van der Waals surface area contributed by atoms with Crippen LogP contribution in [-0.4, -0.2) is 50.7 Å². The molecule has 5 heteroatoms. The minimum absolute atomic E-state index is 0. The summed E-state index contributed by atoms with van der Waals surface area (Å²) < 4.78 is 13.3. The summed E-state index contributed by atoms with van der Waals surface area (Å²) >= 11 is 0. The van der Waals surface area contributed by atoms with Crippen molar-refractivity contribution in [3.05, 3.63) is 72.8 Å². The molecule has 2 nitrogen and oxygen atoms in total. The molecule has 3 atom stereocenters. The number of halogens is 1. The van der Waals surface area contributed by atoms with Gasteiger partial charge in [0.25, 0.3) is 8.32 Å². The summed E-state index contributed by atoms with van der Waals surface area (Å²) in [7, 11) is -0.714. The molecule has 0 bridgehead atoms. The van der Waals surface area contributed by atoms with Gasteiger partial charge in [0.2, 0.25) is 0 Å². The van der Waals surface area contributed by atoms with Crippen molar-refractivity contribution in [2.75, 3.05) is 7.11 Å². The van der Waals surface area contributed by atoms with Crippen molar-refractivity contribution in [1.29, 1.82) is 0 Å². The minimum Gasteiger partial charge on any atom is -1.00 e. The summed E-state index contributed by atoms with van der Waals surface area (Å²) in [6.45, 7) is 8.98. The van der Waals surface area contributed by atoms with E-state index in [1.807, 2.05) is 14.0 Å². The van der Waals surface area contributed by atoms with Gasteiger partial charge in [-0.1, -0.05) is 87.4 Å². The Bertz CT molecular complexity index is 753. The average molecular weight is 512 g/mol. The number of hydrogen-bond acceptors (Lipinski definition) is 2. The van der Waals surface area contributed by atoms with E-state index in [4.69, 9.17) is 9.16 Å². The molecular weight excluding hydrogens is 477 g/mol. The Morgan fingerprint density at radius 2 is 1.42 bits per heavy atom. The molecule has 164 valence electrons. The van der Waals surface area contributed by atoms with Gasteiger partial charge in [-0.3, -0.25) is 6.08 Å². The minimum atomic E-state index is -2.54. The van der Waals surface area contributed by atoms with Crippen molar-refractivity contribution in [2.45, 2.75) is 64.2 Å². The van der Waals surface area contributed by atoms with E-state index in [9.17, 15) is 0 Å². The maximum Gasteiger partial charge on any atom is 2.00 e. The molecule has 1 saturated carbocycles. The van der Waals surface area contributed by atoms with E-state index < -0.39 is 8.32 Å². The first-order valence-electron chi connectivity index (χ1n) is 10.7. The molecule has 0 saturated heterocycles. The molecule has 2 aromatic rings. The van der Waals surface area contributed by atoms with Gasteiger partial charge in [-0.25, -0.2) is 0 Å². The van der Waals surface area contributed by atoms with Gasteiger partial charge in [0, 0.05) is 7.11 Å². The van der Waals surface area contributed by atoms with Crippen molar-refractivity contribution >= 4 is 41.7 Å². The zero-order valence-electron chi connectivity index (χ0n) is 19.6. The standard InChI is InChI=1S/C26H35O2Si.BrH.Mg/c1-6-13-21-18-19-24(25(20-21)27-5)28-29(26(2,3)4,22-14-9-7-10-15-22)23-16-11-8-12-17-23;;/h7-17,21,24-25H,18-20H2,1-5H3;1H;/q-1;;+2/p-1/t21-,24-,25-;;/m1../s1. The fourth-order valence-corrected chi connectivity index (χ4v) is 9.56. The van der Waals surface area contributed by atoms with Crippen molar-refractivity contribution in [3.8, 4) is 0 Å². The zero-order valence-corrected chi connectivity index (χ0v) is 23.6. The SMILES string of the molecule is C[C-]=C[C@@H]1CC[C@@H](O[Si](c2ccccc2)(c2ccccc2)C(C)(C)C)[C@H](OC)C1.[Br-].[Mg+2]. The molecule has 0 amide bonds. The largest absolute Gasteiger partial charge is 2.00 e. The van der Waals surface area contributed by atoms with Crippen LogP contribution in [-0.2, 0) is 9.16 Å². The maximum atomic E-state index is 7.33. The molecule has 0 unspecified atom stereocenters. The monoisotopic (exact) mass is 510 g/mol. The molecule has 1 fully saturated rings. The Balaban J connectivity index is 0.00000240. The summed E-state index contributed by atoms with van der Waals surface area (Å²) in [6.07, 6.45) is 8.77. The fraction of sp³-hybridized carbons (Fsp3) is 0.462. The number of methoxy groups -OCH3 is 1. The number of rotatable bonds is 6. The van der Waals surface area contributed by atoms with Crippen LogP contribution in [0.3, 0.4) is 0 Å². The first-order chi connectivity index (χ1) is 13.9. The van der Waals surface area contributed by atoms with Crippen LogP contribution in [0.2, 0.25) is 5.04 Å². The molecule has 31 heavy (non-hydrogen) atoms. The van der Waals surface area contributed by atoms with Crippen LogP contribution in [0.5, 0.6) is 0 Å². The van der Waals surface area contributed by atoms with Gasteiger partial charge in [0.05, 0.1) is 12.2 Å². The van der Waals surface area contributed by atoms with Gasteiger partial charge in [-0.15, -0.1) is 0 Å². The molecule has 3 rings (SSSR count). The van der Waals surface area contributed by atoms with Gasteiger partial charge in [-0.2, -0.15) is 6.92 Å². The third-order valence-corrected chi connectivity index (χ3v) is 11.3. The van der Waals surface area contributed by atoms with Crippen LogP contribution in [0.1, 0.15) is 47.0 Å². The van der Waals surface area contributed by atoms with Crippen LogP contribution in [0, 0.1) is 12.0 Å². The first-order valence-corrected chi connectivity index (χ1v) is 12.7. The second-order valence-corrected chi connectivity index (χ2v) is 13.4. The average Bonchev–Trinajstić information content (AvgIpc) is 2.73. The number of allylic oxidation sites excluding steroid dienone is 2. The van der Waals surface area contributed by atoms with Crippen LogP contribution >= 0.6 is 0 Å². The summed E-state index contributed by atoms with van der Waals surface area (Å²) in [6, 6.07) is 21.8. The second kappa shape index (κ2) is 12.7. The molecule has 0 spiro atoms. The van der Waals surface area contributed by atoms with E-state index >= 15 is 0 Å². The van der Waals surface area contributed by atoms with Crippen molar-refractivity contribution in [3.63, 3.8) is 0 Å². The smallest absolute Gasteiger partial charge is 1.00 e. The van der Waals surface area contributed by atoms with Gasteiger partial charge < -0.3 is 32.2 Å². The molecule has 0 aliphatic heterocycles. The summed E-state index contributed by atoms with van der Waals surface area (Å²) in [5.74, 6) is 0.531. The molecule has 0 N–H and O–H groups in total. The number of hydrogen-bond donors (Lipinski definition) is 0. The molecule has 1 aliphatic carbocycles. The molecule has 1 aliphatic rings. The van der Waals surface area contributed by atoms with E-state index in [1.54, 1.807) is 0 Å². The van der Waals surface area contributed by atoms with Gasteiger partial charge >= 0.3 is 23.1 Å². The van der Waals surface area contributed by atoms with Crippen LogP contribution < -0.4 is 27.4 Å². The van der Waals surface area contributed by atoms with Gasteiger partial charge in [0.15, 0.2) is 0 Å². The van der Waals surface area contributed by atoms with Crippen molar-refractivity contribution in [1.82, 2.24) is 0 Å².